The molecule has 1 heterocycles. The summed E-state index contributed by atoms with van der Waals surface area (Å²) in [5.41, 5.74) is 0.392. The molecular formula is C14H15FN2O3S2. The smallest absolute Gasteiger partial charge is 0.250 e. The molecule has 8 heteroatoms. The summed E-state index contributed by atoms with van der Waals surface area (Å²) in [5, 5.41) is 1.67. The van der Waals surface area contributed by atoms with Gasteiger partial charge in [0.05, 0.1) is 0 Å². The summed E-state index contributed by atoms with van der Waals surface area (Å²) in [6, 6.07) is 8.75. The van der Waals surface area contributed by atoms with Crippen LogP contribution in [-0.2, 0) is 14.8 Å². The molecule has 0 saturated heterocycles. The van der Waals surface area contributed by atoms with Gasteiger partial charge in [-0.1, -0.05) is 12.1 Å². The average Bonchev–Trinajstić information content (AvgIpc) is 2.98. The number of carbonyl (C=O) groups excluding carboxylic acids is 1. The molecule has 1 N–H and O–H groups in total. The van der Waals surface area contributed by atoms with E-state index in [0.717, 1.165) is 11.3 Å². The van der Waals surface area contributed by atoms with Gasteiger partial charge in [-0.2, -0.15) is 0 Å². The topological polar surface area (TPSA) is 66.5 Å². The van der Waals surface area contributed by atoms with E-state index in [1.165, 1.54) is 36.1 Å². The molecule has 2 rings (SSSR count). The zero-order valence-electron chi connectivity index (χ0n) is 11.8. The Kier molecular flexibility index (Phi) is 5.28. The molecule has 0 fully saturated rings. The van der Waals surface area contributed by atoms with E-state index in [2.05, 4.69) is 4.72 Å². The molecule has 22 heavy (non-hydrogen) atoms. The predicted molar refractivity (Wildman–Crippen MR) is 83.9 cm³/mol. The van der Waals surface area contributed by atoms with Crippen LogP contribution in [0.5, 0.6) is 0 Å². The van der Waals surface area contributed by atoms with Gasteiger partial charge >= 0.3 is 0 Å². The molecule has 0 spiro atoms. The Balaban J connectivity index is 2.03. The van der Waals surface area contributed by atoms with E-state index in [-0.39, 0.29) is 23.2 Å². The molecule has 1 aromatic heterocycles. The number of hydrogen-bond acceptors (Lipinski definition) is 4. The summed E-state index contributed by atoms with van der Waals surface area (Å²) < 4.78 is 39.8. The summed E-state index contributed by atoms with van der Waals surface area (Å²) in [6.07, 6.45) is 0. The fourth-order valence-corrected chi connectivity index (χ4v) is 3.95. The highest BCUT2D eigenvalue weighted by molar-refractivity contribution is 7.91. The molecule has 118 valence electrons. The van der Waals surface area contributed by atoms with Gasteiger partial charge in [0.15, 0.2) is 0 Å². The number of benzene rings is 1. The van der Waals surface area contributed by atoms with Crippen molar-refractivity contribution in [2.75, 3.05) is 18.0 Å². The van der Waals surface area contributed by atoms with Crippen LogP contribution in [0.3, 0.4) is 0 Å². The molecule has 0 saturated carbocycles. The predicted octanol–water partition coefficient (Wildman–Crippen LogP) is 2.22. The molecule has 0 aliphatic carbocycles. The maximum Gasteiger partial charge on any atom is 0.250 e. The molecule has 0 aliphatic heterocycles. The van der Waals surface area contributed by atoms with E-state index in [0.29, 0.717) is 5.69 Å². The van der Waals surface area contributed by atoms with Crippen molar-refractivity contribution in [2.45, 2.75) is 11.1 Å². The molecule has 0 unspecified atom stereocenters. The number of hydrogen-bond donors (Lipinski definition) is 1. The van der Waals surface area contributed by atoms with Crippen LogP contribution in [0.4, 0.5) is 10.1 Å². The summed E-state index contributed by atoms with van der Waals surface area (Å²) >= 11 is 1.11. The van der Waals surface area contributed by atoms with Crippen LogP contribution in [0.15, 0.2) is 46.0 Å². The fourth-order valence-electron chi connectivity index (χ4n) is 1.89. The third-order valence-corrected chi connectivity index (χ3v) is 5.75. The number of nitrogens with one attached hydrogen (secondary N) is 1. The van der Waals surface area contributed by atoms with Crippen molar-refractivity contribution in [1.82, 2.24) is 4.72 Å². The SMILES string of the molecule is CC(=O)N(CCNS(=O)(=O)c1cccs1)c1cccc(F)c1. The van der Waals surface area contributed by atoms with E-state index in [1.54, 1.807) is 17.5 Å². The first-order valence-corrected chi connectivity index (χ1v) is 8.83. The maximum atomic E-state index is 13.2. The largest absolute Gasteiger partial charge is 0.311 e. The number of halogens is 1. The summed E-state index contributed by atoms with van der Waals surface area (Å²) in [6.45, 7) is 1.50. The van der Waals surface area contributed by atoms with Crippen molar-refractivity contribution < 1.29 is 17.6 Å². The van der Waals surface area contributed by atoms with Crippen LogP contribution in [0.1, 0.15) is 6.92 Å². The first-order valence-electron chi connectivity index (χ1n) is 6.47. The van der Waals surface area contributed by atoms with Crippen LogP contribution >= 0.6 is 11.3 Å². The molecule has 1 amide bonds. The maximum absolute atomic E-state index is 13.2. The van der Waals surface area contributed by atoms with Gasteiger partial charge < -0.3 is 4.90 Å². The van der Waals surface area contributed by atoms with Crippen LogP contribution in [0.25, 0.3) is 0 Å². The number of rotatable bonds is 6. The third kappa shape index (κ3) is 4.12. The minimum atomic E-state index is -3.57. The highest BCUT2D eigenvalue weighted by Gasteiger charge is 2.17. The van der Waals surface area contributed by atoms with E-state index in [9.17, 15) is 17.6 Å². The molecule has 5 nitrogen and oxygen atoms in total. The summed E-state index contributed by atoms with van der Waals surface area (Å²) in [4.78, 5) is 13.0. The van der Waals surface area contributed by atoms with Gasteiger partial charge in [0.25, 0.3) is 0 Å². The second kappa shape index (κ2) is 6.99. The van der Waals surface area contributed by atoms with Gasteiger partial charge in [0.1, 0.15) is 10.0 Å². The van der Waals surface area contributed by atoms with E-state index in [1.807, 2.05) is 0 Å². The van der Waals surface area contributed by atoms with Gasteiger partial charge in [-0.05, 0) is 29.6 Å². The summed E-state index contributed by atoms with van der Waals surface area (Å²) in [7, 11) is -3.57. The molecule has 0 aliphatic rings. The van der Waals surface area contributed by atoms with E-state index < -0.39 is 15.8 Å². The number of amides is 1. The van der Waals surface area contributed by atoms with Gasteiger partial charge in [-0.15, -0.1) is 11.3 Å². The third-order valence-electron chi connectivity index (χ3n) is 2.89. The minimum absolute atomic E-state index is 0.0380. The van der Waals surface area contributed by atoms with Crippen molar-refractivity contribution in [3.05, 3.63) is 47.6 Å². The Labute approximate surface area is 132 Å². The molecular weight excluding hydrogens is 327 g/mol. The van der Waals surface area contributed by atoms with Crippen molar-refractivity contribution in [2.24, 2.45) is 0 Å². The Morgan fingerprint density at radius 2 is 2.09 bits per heavy atom. The van der Waals surface area contributed by atoms with Crippen molar-refractivity contribution in [3.63, 3.8) is 0 Å². The zero-order valence-corrected chi connectivity index (χ0v) is 13.5. The van der Waals surface area contributed by atoms with Gasteiger partial charge in [-0.3, -0.25) is 4.79 Å². The molecule has 2 aromatic rings. The number of sulfonamides is 1. The Hall–Kier alpha value is -1.77. The molecule has 1 aromatic carbocycles. The number of anilines is 1. The Morgan fingerprint density at radius 1 is 1.32 bits per heavy atom. The number of thiophene rings is 1. The van der Waals surface area contributed by atoms with Crippen molar-refractivity contribution in [1.29, 1.82) is 0 Å². The van der Waals surface area contributed by atoms with Gasteiger partial charge in [0.2, 0.25) is 15.9 Å². The lowest BCUT2D eigenvalue weighted by molar-refractivity contribution is -0.116. The van der Waals surface area contributed by atoms with Crippen LogP contribution in [-0.4, -0.2) is 27.4 Å². The van der Waals surface area contributed by atoms with Crippen LogP contribution < -0.4 is 9.62 Å². The number of nitrogens with zero attached hydrogens (tertiary/aromatic N) is 1. The molecule has 0 bridgehead atoms. The first-order chi connectivity index (χ1) is 10.4. The Bertz CT molecular complexity index is 745. The average molecular weight is 342 g/mol. The van der Waals surface area contributed by atoms with Crippen molar-refractivity contribution in [3.8, 4) is 0 Å². The molecule has 0 atom stereocenters. The normalized spacial score (nSPS) is 11.4. The minimum Gasteiger partial charge on any atom is -0.311 e. The standard InChI is InChI=1S/C14H15FN2O3S2/c1-11(18)17(13-5-2-4-12(15)10-13)8-7-16-22(19,20)14-6-3-9-21-14/h2-6,9-10,16H,7-8H2,1H3. The van der Waals surface area contributed by atoms with Crippen LogP contribution in [0.2, 0.25) is 0 Å². The first kappa shape index (κ1) is 16.6. The summed E-state index contributed by atoms with van der Waals surface area (Å²) in [5.74, 6) is -0.746. The quantitative estimate of drug-likeness (QED) is 0.875. The number of carbonyl (C=O) groups is 1. The lowest BCUT2D eigenvalue weighted by Gasteiger charge is -2.21. The Morgan fingerprint density at radius 3 is 2.68 bits per heavy atom. The van der Waals surface area contributed by atoms with Crippen LogP contribution in [0, 0.1) is 5.82 Å². The molecule has 0 radical (unpaired) electrons. The lowest BCUT2D eigenvalue weighted by Crippen LogP contribution is -2.37. The van der Waals surface area contributed by atoms with Crippen molar-refractivity contribution >= 4 is 33.0 Å². The monoisotopic (exact) mass is 342 g/mol. The lowest BCUT2D eigenvalue weighted by atomic mass is 10.2. The highest BCUT2D eigenvalue weighted by atomic mass is 32.2. The van der Waals surface area contributed by atoms with E-state index in [4.69, 9.17) is 0 Å². The second-order valence-electron chi connectivity index (χ2n) is 4.48. The highest BCUT2D eigenvalue weighted by Crippen LogP contribution is 2.17. The van der Waals surface area contributed by atoms with E-state index >= 15 is 0 Å². The second-order valence-corrected chi connectivity index (χ2v) is 7.42. The van der Waals surface area contributed by atoms with Gasteiger partial charge in [-0.25, -0.2) is 17.5 Å². The zero-order chi connectivity index (χ0) is 16.2. The van der Waals surface area contributed by atoms with Gasteiger partial charge in [0, 0.05) is 25.7 Å². The fraction of sp³-hybridized carbons (Fsp3) is 0.214.